The van der Waals surface area contributed by atoms with E-state index in [2.05, 4.69) is 9.97 Å². The molecule has 0 heterocycles. The molecule has 0 saturated carbocycles. The van der Waals surface area contributed by atoms with E-state index in [4.69, 9.17) is 5.39 Å². The van der Waals surface area contributed by atoms with Crippen LogP contribution < -0.4 is 5.11 Å². The zero-order valence-electron chi connectivity index (χ0n) is 11.0. The third-order valence-electron chi connectivity index (χ3n) is 2.96. The molecule has 0 aliphatic rings. The summed E-state index contributed by atoms with van der Waals surface area (Å²) < 4.78 is 0. The zero-order valence-corrected chi connectivity index (χ0v) is 11.0. The van der Waals surface area contributed by atoms with Crippen LogP contribution in [0, 0.1) is 5.39 Å². The van der Waals surface area contributed by atoms with Gasteiger partial charge in [-0.05, 0) is 11.1 Å². The second-order valence-electron chi connectivity index (χ2n) is 4.46. The molecule has 4 nitrogen and oxygen atoms in total. The lowest BCUT2D eigenvalue weighted by Gasteiger charge is -2.09. The van der Waals surface area contributed by atoms with Gasteiger partial charge in [-0.1, -0.05) is 60.7 Å². The highest BCUT2D eigenvalue weighted by atomic mass is 16.3. The van der Waals surface area contributed by atoms with Gasteiger partial charge in [0.1, 0.15) is 4.98 Å². The van der Waals surface area contributed by atoms with Crippen molar-refractivity contribution >= 4 is 5.90 Å². The monoisotopic (exact) mass is 265 g/mol. The van der Waals surface area contributed by atoms with Crippen molar-refractivity contribution in [1.82, 2.24) is 0 Å². The second-order valence-corrected chi connectivity index (χ2v) is 4.46. The Morgan fingerprint density at radius 3 is 2.10 bits per heavy atom. The number of aliphatic imine (C=N–C) groups is 1. The highest BCUT2D eigenvalue weighted by Gasteiger charge is 2.20. The zero-order chi connectivity index (χ0) is 14.2. The first-order valence-electron chi connectivity index (χ1n) is 6.43. The van der Waals surface area contributed by atoms with Crippen molar-refractivity contribution in [1.29, 1.82) is 5.39 Å². The maximum absolute atomic E-state index is 11.9. The SMILES string of the molecule is N#[N+]C(Cc1ccccc1)C([O-])=NCc1ccccc1. The Balaban J connectivity index is 2.02. The predicted octanol–water partition coefficient (Wildman–Crippen LogP) is 2.41. The lowest BCUT2D eigenvalue weighted by atomic mass is 10.1. The third kappa shape index (κ3) is 3.92. The quantitative estimate of drug-likeness (QED) is 0.473. The number of nitrogens with zero attached hydrogens (tertiary/aromatic N) is 3. The molecule has 2 aromatic carbocycles. The largest absolute Gasteiger partial charge is 0.856 e. The molecule has 0 aliphatic carbocycles. The van der Waals surface area contributed by atoms with Crippen molar-refractivity contribution in [3.8, 4) is 0 Å². The topological polar surface area (TPSA) is 63.6 Å². The third-order valence-corrected chi connectivity index (χ3v) is 2.96. The lowest BCUT2D eigenvalue weighted by molar-refractivity contribution is -0.219. The highest BCUT2D eigenvalue weighted by molar-refractivity contribution is 5.79. The summed E-state index contributed by atoms with van der Waals surface area (Å²) in [6, 6.07) is 18.1. The average molecular weight is 265 g/mol. The molecule has 0 bridgehead atoms. The molecule has 0 amide bonds. The van der Waals surface area contributed by atoms with Crippen LogP contribution in [-0.4, -0.2) is 11.9 Å². The van der Waals surface area contributed by atoms with Gasteiger partial charge in [-0.15, -0.1) is 0 Å². The normalized spacial score (nSPS) is 12.7. The summed E-state index contributed by atoms with van der Waals surface area (Å²) in [5.74, 6) is -0.403. The summed E-state index contributed by atoms with van der Waals surface area (Å²) in [6.45, 7) is 0.306. The molecule has 4 heteroatoms. The average Bonchev–Trinajstić information content (AvgIpc) is 2.52. The highest BCUT2D eigenvalue weighted by Crippen LogP contribution is 2.07. The van der Waals surface area contributed by atoms with Gasteiger partial charge in [0.2, 0.25) is 5.39 Å². The van der Waals surface area contributed by atoms with Gasteiger partial charge in [-0.2, -0.15) is 0 Å². The van der Waals surface area contributed by atoms with Gasteiger partial charge in [0.05, 0.1) is 18.9 Å². The molecule has 1 atom stereocenters. The van der Waals surface area contributed by atoms with E-state index in [9.17, 15) is 5.11 Å². The molecule has 0 N–H and O–H groups in total. The van der Waals surface area contributed by atoms with Crippen LogP contribution >= 0.6 is 0 Å². The molecular formula is C16H15N3O. The number of hydrogen-bond acceptors (Lipinski definition) is 3. The maximum atomic E-state index is 11.9. The molecule has 0 aliphatic heterocycles. The van der Waals surface area contributed by atoms with Crippen LogP contribution in [0.1, 0.15) is 11.1 Å². The van der Waals surface area contributed by atoms with Crippen LogP contribution in [0.5, 0.6) is 0 Å². The predicted molar refractivity (Wildman–Crippen MR) is 76.6 cm³/mol. The van der Waals surface area contributed by atoms with E-state index in [0.29, 0.717) is 13.0 Å². The van der Waals surface area contributed by atoms with Gasteiger partial charge in [0.25, 0.3) is 0 Å². The summed E-state index contributed by atoms with van der Waals surface area (Å²) in [5, 5.41) is 20.9. The fraction of sp³-hybridized carbons (Fsp3) is 0.188. The van der Waals surface area contributed by atoms with E-state index < -0.39 is 11.9 Å². The van der Waals surface area contributed by atoms with Gasteiger partial charge >= 0.3 is 6.04 Å². The van der Waals surface area contributed by atoms with Gasteiger partial charge in [-0.25, -0.2) is 0 Å². The fourth-order valence-electron chi connectivity index (χ4n) is 1.87. The molecular weight excluding hydrogens is 250 g/mol. The summed E-state index contributed by atoms with van der Waals surface area (Å²) in [4.78, 5) is 7.12. The lowest BCUT2D eigenvalue weighted by Crippen LogP contribution is -2.32. The first kappa shape index (κ1) is 13.8. The fourth-order valence-corrected chi connectivity index (χ4v) is 1.87. The maximum Gasteiger partial charge on any atom is 0.345 e. The van der Waals surface area contributed by atoms with Gasteiger partial charge < -0.3 is 5.11 Å². The summed E-state index contributed by atoms with van der Waals surface area (Å²) >= 11 is 0. The van der Waals surface area contributed by atoms with Crippen molar-refractivity contribution < 1.29 is 5.11 Å². The van der Waals surface area contributed by atoms with Crippen LogP contribution in [0.4, 0.5) is 0 Å². The van der Waals surface area contributed by atoms with Gasteiger partial charge in [-0.3, -0.25) is 4.99 Å². The summed E-state index contributed by atoms with van der Waals surface area (Å²) in [5.41, 5.74) is 1.90. The molecule has 1 unspecified atom stereocenters. The molecule has 2 aromatic rings. The smallest absolute Gasteiger partial charge is 0.345 e. The van der Waals surface area contributed by atoms with Gasteiger partial charge in [0, 0.05) is 0 Å². The molecule has 0 spiro atoms. The van der Waals surface area contributed by atoms with E-state index in [1.165, 1.54) is 0 Å². The first-order chi connectivity index (χ1) is 9.79. The molecule has 0 radical (unpaired) electrons. The van der Waals surface area contributed by atoms with Gasteiger partial charge in [0.15, 0.2) is 0 Å². The van der Waals surface area contributed by atoms with Crippen molar-refractivity contribution in [2.75, 3.05) is 0 Å². The van der Waals surface area contributed by atoms with E-state index in [1.807, 2.05) is 60.7 Å². The minimum Gasteiger partial charge on any atom is -0.856 e. The van der Waals surface area contributed by atoms with E-state index >= 15 is 0 Å². The molecule has 100 valence electrons. The Labute approximate surface area is 118 Å². The number of diazo groups is 1. The number of benzene rings is 2. The Bertz CT molecular complexity index is 603. The van der Waals surface area contributed by atoms with Crippen molar-refractivity contribution in [2.24, 2.45) is 4.99 Å². The van der Waals surface area contributed by atoms with Crippen LogP contribution in [0.25, 0.3) is 4.98 Å². The molecule has 0 saturated heterocycles. The van der Waals surface area contributed by atoms with Crippen LogP contribution in [0.3, 0.4) is 0 Å². The first-order valence-corrected chi connectivity index (χ1v) is 6.43. The standard InChI is InChI=1S/C16H15N3O/c17-19-15(11-13-7-3-1-4-8-13)16(20)18-12-14-9-5-2-6-10-14/h1-10,15H,11-12H2. The minimum absolute atomic E-state index is 0.306. The van der Waals surface area contributed by atoms with Crippen molar-refractivity contribution in [3.63, 3.8) is 0 Å². The minimum atomic E-state index is -0.832. The molecule has 0 fully saturated rings. The van der Waals surface area contributed by atoms with Crippen molar-refractivity contribution in [3.05, 3.63) is 76.8 Å². The molecule has 0 aromatic heterocycles. The van der Waals surface area contributed by atoms with Crippen LogP contribution in [0.15, 0.2) is 65.7 Å². The van der Waals surface area contributed by atoms with E-state index in [1.54, 1.807) is 0 Å². The van der Waals surface area contributed by atoms with Crippen LogP contribution in [0.2, 0.25) is 0 Å². The Morgan fingerprint density at radius 1 is 1.00 bits per heavy atom. The number of hydrogen-bond donors (Lipinski definition) is 0. The summed E-state index contributed by atoms with van der Waals surface area (Å²) in [6.07, 6.45) is 0.356. The van der Waals surface area contributed by atoms with E-state index in [0.717, 1.165) is 11.1 Å². The molecule has 2 rings (SSSR count). The summed E-state index contributed by atoms with van der Waals surface area (Å²) in [7, 11) is 0. The van der Waals surface area contributed by atoms with E-state index in [-0.39, 0.29) is 0 Å². The number of rotatable bonds is 5. The van der Waals surface area contributed by atoms with Crippen molar-refractivity contribution in [2.45, 2.75) is 19.0 Å². The Hall–Kier alpha value is -2.67. The molecule has 20 heavy (non-hydrogen) atoms. The Morgan fingerprint density at radius 2 is 1.55 bits per heavy atom. The van der Waals surface area contributed by atoms with Crippen LogP contribution in [-0.2, 0) is 13.0 Å². The second kappa shape index (κ2) is 7.05. The Kier molecular flexibility index (Phi) is 4.85.